The maximum absolute atomic E-state index is 15.4. The lowest BCUT2D eigenvalue weighted by molar-refractivity contribution is -0.0543. The molecule has 1 aliphatic carbocycles. The maximum atomic E-state index is 15.4. The Balaban J connectivity index is 1.51. The van der Waals surface area contributed by atoms with Crippen LogP contribution in [0.4, 0.5) is 19.0 Å². The Bertz CT molecular complexity index is 1360. The summed E-state index contributed by atoms with van der Waals surface area (Å²) in [5, 5.41) is 13.4. The first-order chi connectivity index (χ1) is 17.2. The fraction of sp³-hybridized carbons (Fsp3) is 0.462. The summed E-state index contributed by atoms with van der Waals surface area (Å²) in [6.45, 7) is 4.09. The molecule has 188 valence electrons. The van der Waals surface area contributed by atoms with E-state index in [0.29, 0.717) is 60.1 Å². The van der Waals surface area contributed by atoms with Crippen molar-refractivity contribution in [3.05, 3.63) is 52.6 Å². The number of fused-ring (bicyclic) bond motifs is 1. The highest BCUT2D eigenvalue weighted by molar-refractivity contribution is 5.88. The van der Waals surface area contributed by atoms with Gasteiger partial charge in [0.05, 0.1) is 42.1 Å². The minimum atomic E-state index is -3.30. The average Bonchev–Trinajstić information content (AvgIpc) is 3.62. The number of rotatable bonds is 8. The molecule has 10 heteroatoms. The number of hydrogen-bond donors (Lipinski definition) is 1. The van der Waals surface area contributed by atoms with Gasteiger partial charge in [0, 0.05) is 11.1 Å². The summed E-state index contributed by atoms with van der Waals surface area (Å²) in [7, 11) is 1.49. The van der Waals surface area contributed by atoms with Crippen LogP contribution in [0.2, 0.25) is 0 Å². The number of nitrogens with one attached hydrogen (secondary N) is 1. The van der Waals surface area contributed by atoms with Crippen molar-refractivity contribution in [2.75, 3.05) is 32.1 Å². The number of methoxy groups -OCH3 is 1. The second-order valence-corrected chi connectivity index (χ2v) is 9.64. The van der Waals surface area contributed by atoms with Crippen molar-refractivity contribution < 1.29 is 17.9 Å². The molecule has 0 radical (unpaired) electrons. The number of alkyl halides is 2. The molecule has 0 unspecified atom stereocenters. The molecule has 1 atom stereocenters. The van der Waals surface area contributed by atoms with E-state index in [4.69, 9.17) is 4.74 Å². The third-order valence-electron chi connectivity index (χ3n) is 7.05. The molecule has 0 bridgehead atoms. The van der Waals surface area contributed by atoms with E-state index in [2.05, 4.69) is 26.3 Å². The minimum Gasteiger partial charge on any atom is -0.481 e. The Morgan fingerprint density at radius 3 is 2.61 bits per heavy atom. The van der Waals surface area contributed by atoms with Crippen LogP contribution in [0.5, 0.6) is 5.88 Å². The third-order valence-corrected chi connectivity index (χ3v) is 7.05. The van der Waals surface area contributed by atoms with Crippen molar-refractivity contribution in [1.82, 2.24) is 19.9 Å². The van der Waals surface area contributed by atoms with Crippen LogP contribution in [0.3, 0.4) is 0 Å². The number of aryl methyl sites for hydroxylation is 1. The molecule has 1 aliphatic heterocycles. The monoisotopic (exact) mass is 496 g/mol. The molecule has 2 aromatic heterocycles. The number of ether oxygens (including phenoxy) is 1. The summed E-state index contributed by atoms with van der Waals surface area (Å²) in [6.07, 6.45) is 2.27. The summed E-state index contributed by atoms with van der Waals surface area (Å²) in [4.78, 5) is 15.0. The van der Waals surface area contributed by atoms with Gasteiger partial charge in [-0.3, -0.25) is 4.90 Å². The summed E-state index contributed by atoms with van der Waals surface area (Å²) in [5.41, 5.74) is -0.146. The molecule has 0 amide bonds. The van der Waals surface area contributed by atoms with E-state index in [1.165, 1.54) is 19.2 Å². The van der Waals surface area contributed by atoms with Crippen molar-refractivity contribution in [2.45, 2.75) is 50.5 Å². The lowest BCUT2D eigenvalue weighted by Gasteiger charge is -2.34. The molecule has 0 spiro atoms. The molecular formula is C26H27F3N6O. The number of anilines is 1. The highest BCUT2D eigenvalue weighted by Crippen LogP contribution is 2.51. The van der Waals surface area contributed by atoms with E-state index in [9.17, 15) is 14.0 Å². The molecule has 36 heavy (non-hydrogen) atoms. The van der Waals surface area contributed by atoms with Gasteiger partial charge < -0.3 is 10.1 Å². The molecule has 1 N–H and O–H groups in total. The Labute approximate surface area is 207 Å². The quantitative estimate of drug-likeness (QED) is 0.469. The predicted molar refractivity (Wildman–Crippen MR) is 129 cm³/mol. The van der Waals surface area contributed by atoms with Crippen molar-refractivity contribution in [3.8, 4) is 11.9 Å². The molecular weight excluding hydrogens is 469 g/mol. The molecule has 3 heterocycles. The highest BCUT2D eigenvalue weighted by Gasteiger charge is 2.48. The molecule has 1 saturated heterocycles. The van der Waals surface area contributed by atoms with Crippen LogP contribution in [0.25, 0.3) is 11.0 Å². The van der Waals surface area contributed by atoms with E-state index in [0.717, 1.165) is 12.5 Å². The summed E-state index contributed by atoms with van der Waals surface area (Å²) < 4.78 is 50.7. The number of likely N-dealkylation sites (tertiary alicyclic amines) is 1. The number of halogens is 3. The van der Waals surface area contributed by atoms with Crippen LogP contribution in [-0.4, -0.2) is 46.6 Å². The van der Waals surface area contributed by atoms with Crippen LogP contribution in [0.1, 0.15) is 54.7 Å². The predicted octanol–water partition coefficient (Wildman–Crippen LogP) is 5.01. The van der Waals surface area contributed by atoms with Gasteiger partial charge in [-0.2, -0.15) is 19.0 Å². The first-order valence-corrected chi connectivity index (χ1v) is 12.0. The van der Waals surface area contributed by atoms with E-state index >= 15 is 4.39 Å². The Morgan fingerprint density at radius 1 is 1.25 bits per heavy atom. The fourth-order valence-electron chi connectivity index (χ4n) is 4.68. The van der Waals surface area contributed by atoms with Crippen molar-refractivity contribution >= 4 is 16.9 Å². The summed E-state index contributed by atoms with van der Waals surface area (Å²) in [6, 6.07) is 7.55. The number of pyridine rings is 1. The maximum Gasteiger partial charge on any atom is 0.288 e. The van der Waals surface area contributed by atoms with E-state index in [1.807, 2.05) is 0 Å². The zero-order valence-corrected chi connectivity index (χ0v) is 20.4. The first-order valence-electron chi connectivity index (χ1n) is 12.0. The van der Waals surface area contributed by atoms with Crippen molar-refractivity contribution in [2.24, 2.45) is 0 Å². The SMILES string of the molecule is COc1nc2nc(C)nc(N[C@H](C)c3cccc(C(F)(F)CN4CCC4)c3F)c2cc1C1(C#N)CC1. The van der Waals surface area contributed by atoms with Gasteiger partial charge in [0.1, 0.15) is 17.5 Å². The second kappa shape index (κ2) is 8.89. The molecule has 7 nitrogen and oxygen atoms in total. The zero-order chi connectivity index (χ0) is 25.7. The van der Waals surface area contributed by atoms with Crippen molar-refractivity contribution in [1.29, 1.82) is 5.26 Å². The summed E-state index contributed by atoms with van der Waals surface area (Å²) >= 11 is 0. The minimum absolute atomic E-state index is 0.109. The Hall–Kier alpha value is -3.45. The standard InChI is InChI=1S/C26H27F3N6O/c1-15(17-6-4-7-19(21(17)27)26(28,29)14-35-10-5-11-35)31-22-18-12-20(25(13-30)8-9-25)24(36-3)34-23(18)33-16(2)32-22/h4,6-7,12,15H,5,8-11,14H2,1-3H3,(H,31,32,33,34)/t15-/m1/s1. The topological polar surface area (TPSA) is 87.0 Å². The zero-order valence-electron chi connectivity index (χ0n) is 20.4. The third kappa shape index (κ3) is 4.22. The molecule has 1 saturated carbocycles. The molecule has 2 aliphatic rings. The number of aromatic nitrogens is 3. The lowest BCUT2D eigenvalue weighted by atomic mass is 9.97. The number of benzene rings is 1. The Morgan fingerprint density at radius 2 is 2.00 bits per heavy atom. The molecule has 5 rings (SSSR count). The van der Waals surface area contributed by atoms with Gasteiger partial charge in [-0.25, -0.2) is 14.4 Å². The van der Waals surface area contributed by atoms with Crippen LogP contribution >= 0.6 is 0 Å². The van der Waals surface area contributed by atoms with Crippen LogP contribution in [0, 0.1) is 24.1 Å². The number of nitrogens with zero attached hydrogens (tertiary/aromatic N) is 5. The largest absolute Gasteiger partial charge is 0.481 e. The Kier molecular flexibility index (Phi) is 5.99. The average molecular weight is 497 g/mol. The highest BCUT2D eigenvalue weighted by atomic mass is 19.3. The smallest absolute Gasteiger partial charge is 0.288 e. The van der Waals surface area contributed by atoms with E-state index < -0.39 is 35.3 Å². The summed E-state index contributed by atoms with van der Waals surface area (Å²) in [5.74, 6) is -3.09. The number of nitriles is 1. The van der Waals surface area contributed by atoms with Crippen LogP contribution in [0.15, 0.2) is 24.3 Å². The van der Waals surface area contributed by atoms with Gasteiger partial charge in [0.25, 0.3) is 5.92 Å². The van der Waals surface area contributed by atoms with E-state index in [-0.39, 0.29) is 5.56 Å². The normalized spacial score (nSPS) is 17.8. The van der Waals surface area contributed by atoms with Gasteiger partial charge in [0.15, 0.2) is 5.65 Å². The van der Waals surface area contributed by atoms with Gasteiger partial charge >= 0.3 is 0 Å². The lowest BCUT2D eigenvalue weighted by Crippen LogP contribution is -2.44. The van der Waals surface area contributed by atoms with Gasteiger partial charge in [0.2, 0.25) is 5.88 Å². The van der Waals surface area contributed by atoms with Gasteiger partial charge in [-0.05, 0) is 52.3 Å². The first kappa shape index (κ1) is 24.3. The molecule has 2 fully saturated rings. The van der Waals surface area contributed by atoms with Gasteiger partial charge in [-0.1, -0.05) is 18.2 Å². The molecule has 3 aromatic rings. The number of hydrogen-bond acceptors (Lipinski definition) is 7. The fourth-order valence-corrected chi connectivity index (χ4v) is 4.68. The van der Waals surface area contributed by atoms with Crippen LogP contribution in [-0.2, 0) is 11.3 Å². The van der Waals surface area contributed by atoms with Crippen LogP contribution < -0.4 is 10.1 Å². The van der Waals surface area contributed by atoms with E-state index in [1.54, 1.807) is 24.8 Å². The molecule has 1 aromatic carbocycles. The van der Waals surface area contributed by atoms with Crippen molar-refractivity contribution in [3.63, 3.8) is 0 Å². The van der Waals surface area contributed by atoms with Gasteiger partial charge in [-0.15, -0.1) is 0 Å². The second-order valence-electron chi connectivity index (χ2n) is 9.64.